The van der Waals surface area contributed by atoms with Crippen molar-refractivity contribution in [3.05, 3.63) is 35.4 Å². The van der Waals surface area contributed by atoms with Crippen LogP contribution in [0.5, 0.6) is 0 Å². The van der Waals surface area contributed by atoms with Crippen molar-refractivity contribution in [2.45, 2.75) is 12.8 Å². The summed E-state index contributed by atoms with van der Waals surface area (Å²) in [7, 11) is 0. The number of aliphatic imine (C=N–C) groups is 1. The smallest absolute Gasteiger partial charge is 0.280 e. The summed E-state index contributed by atoms with van der Waals surface area (Å²) in [6.07, 6.45) is 0. The highest BCUT2D eigenvalue weighted by atomic mass is 19.3. The van der Waals surface area contributed by atoms with Gasteiger partial charge in [-0.25, -0.2) is 8.78 Å². The second kappa shape index (κ2) is 4.26. The number of nitrogens with two attached hydrogens (primary N) is 2. The monoisotopic (exact) mass is 227 g/mol. The first-order valence-corrected chi connectivity index (χ1v) is 4.43. The van der Waals surface area contributed by atoms with Gasteiger partial charge in [0.15, 0.2) is 5.96 Å². The molecule has 1 amide bonds. The quantitative estimate of drug-likeness (QED) is 0.588. The van der Waals surface area contributed by atoms with E-state index in [1.807, 2.05) is 0 Å². The zero-order chi connectivity index (χ0) is 12.3. The van der Waals surface area contributed by atoms with Crippen molar-refractivity contribution in [3.8, 4) is 0 Å². The molecule has 4 N–H and O–H groups in total. The Morgan fingerprint density at radius 1 is 1.25 bits per heavy atom. The summed E-state index contributed by atoms with van der Waals surface area (Å²) >= 11 is 0. The topological polar surface area (TPSA) is 81.5 Å². The molecule has 0 bridgehead atoms. The minimum absolute atomic E-state index is 0.154. The van der Waals surface area contributed by atoms with E-state index in [2.05, 4.69) is 4.99 Å². The van der Waals surface area contributed by atoms with Crippen molar-refractivity contribution in [1.29, 1.82) is 0 Å². The lowest BCUT2D eigenvalue weighted by molar-refractivity contribution is 0.0174. The number of halogens is 2. The van der Waals surface area contributed by atoms with E-state index in [4.69, 9.17) is 11.5 Å². The predicted octanol–water partition coefficient (Wildman–Crippen LogP) is 1.21. The first-order chi connectivity index (χ1) is 7.30. The number of carbonyl (C=O) groups is 1. The van der Waals surface area contributed by atoms with Crippen LogP contribution >= 0.6 is 0 Å². The van der Waals surface area contributed by atoms with Crippen LogP contribution in [0.1, 0.15) is 22.8 Å². The highest BCUT2D eigenvalue weighted by molar-refractivity contribution is 6.01. The third kappa shape index (κ3) is 3.01. The zero-order valence-electron chi connectivity index (χ0n) is 8.58. The van der Waals surface area contributed by atoms with E-state index in [1.54, 1.807) is 0 Å². The highest BCUT2D eigenvalue weighted by Gasteiger charge is 2.23. The number of guanidine groups is 1. The van der Waals surface area contributed by atoms with Gasteiger partial charge in [0.2, 0.25) is 0 Å². The van der Waals surface area contributed by atoms with Crippen LogP contribution in [-0.4, -0.2) is 11.9 Å². The summed E-state index contributed by atoms with van der Waals surface area (Å²) in [5.74, 6) is -3.96. The minimum Gasteiger partial charge on any atom is -0.370 e. The number of benzene rings is 1. The van der Waals surface area contributed by atoms with Gasteiger partial charge in [0.1, 0.15) is 0 Å². The Morgan fingerprint density at radius 3 is 2.12 bits per heavy atom. The van der Waals surface area contributed by atoms with Crippen molar-refractivity contribution in [3.63, 3.8) is 0 Å². The molecular formula is C10H11F2N3O. The van der Waals surface area contributed by atoms with Gasteiger partial charge in [-0.05, 0) is 12.1 Å². The third-order valence-electron chi connectivity index (χ3n) is 1.87. The molecule has 1 aromatic carbocycles. The van der Waals surface area contributed by atoms with Gasteiger partial charge in [-0.3, -0.25) is 4.79 Å². The average Bonchev–Trinajstić information content (AvgIpc) is 2.15. The summed E-state index contributed by atoms with van der Waals surface area (Å²) in [5.41, 5.74) is 10.0. The van der Waals surface area contributed by atoms with Crippen molar-refractivity contribution >= 4 is 11.9 Å². The molecule has 4 nitrogen and oxygen atoms in total. The lowest BCUT2D eigenvalue weighted by Crippen LogP contribution is -2.24. The normalized spacial score (nSPS) is 10.9. The van der Waals surface area contributed by atoms with Gasteiger partial charge in [-0.15, -0.1) is 0 Å². The molecule has 0 radical (unpaired) electrons. The molecule has 6 heteroatoms. The van der Waals surface area contributed by atoms with Crippen molar-refractivity contribution < 1.29 is 13.6 Å². The Hall–Kier alpha value is -1.98. The summed E-state index contributed by atoms with van der Waals surface area (Å²) in [6.45, 7) is 0.778. The van der Waals surface area contributed by atoms with Gasteiger partial charge in [0.25, 0.3) is 11.8 Å². The van der Waals surface area contributed by atoms with Crippen molar-refractivity contribution in [2.75, 3.05) is 0 Å². The van der Waals surface area contributed by atoms with Crippen LogP contribution in [0.2, 0.25) is 0 Å². The van der Waals surface area contributed by atoms with E-state index in [0.717, 1.165) is 19.1 Å². The molecule has 0 unspecified atom stereocenters. The zero-order valence-corrected chi connectivity index (χ0v) is 8.58. The maximum absolute atomic E-state index is 12.8. The Balaban J connectivity index is 2.96. The first kappa shape index (κ1) is 12.1. The number of alkyl halides is 2. The third-order valence-corrected chi connectivity index (χ3v) is 1.87. The van der Waals surface area contributed by atoms with Gasteiger partial charge in [0.05, 0.1) is 0 Å². The van der Waals surface area contributed by atoms with Crippen LogP contribution in [0.4, 0.5) is 8.78 Å². The van der Waals surface area contributed by atoms with Crippen molar-refractivity contribution in [1.82, 2.24) is 0 Å². The number of hydrogen-bond acceptors (Lipinski definition) is 1. The maximum atomic E-state index is 12.8. The largest absolute Gasteiger partial charge is 0.370 e. The number of amides is 1. The molecule has 0 fully saturated rings. The molecule has 86 valence electrons. The van der Waals surface area contributed by atoms with Gasteiger partial charge in [-0.1, -0.05) is 12.1 Å². The Kier molecular flexibility index (Phi) is 3.22. The second-order valence-corrected chi connectivity index (χ2v) is 3.31. The fraction of sp³-hybridized carbons (Fsp3) is 0.200. The molecule has 0 atom stereocenters. The van der Waals surface area contributed by atoms with Crippen molar-refractivity contribution in [2.24, 2.45) is 16.5 Å². The number of nitrogens with zero attached hydrogens (tertiary/aromatic N) is 1. The fourth-order valence-corrected chi connectivity index (χ4v) is 1.09. The molecule has 0 spiro atoms. The summed E-state index contributed by atoms with van der Waals surface area (Å²) in [4.78, 5) is 14.6. The van der Waals surface area contributed by atoms with E-state index >= 15 is 0 Å². The highest BCUT2D eigenvalue weighted by Crippen LogP contribution is 2.26. The predicted molar refractivity (Wildman–Crippen MR) is 56.2 cm³/mol. The van der Waals surface area contributed by atoms with E-state index in [-0.39, 0.29) is 17.1 Å². The summed E-state index contributed by atoms with van der Waals surface area (Å²) in [5, 5.41) is 0. The molecule has 0 aliphatic carbocycles. The van der Waals surface area contributed by atoms with Crippen LogP contribution in [0.15, 0.2) is 29.3 Å². The van der Waals surface area contributed by atoms with Crippen LogP contribution in [0.3, 0.4) is 0 Å². The van der Waals surface area contributed by atoms with Gasteiger partial charge >= 0.3 is 0 Å². The molecule has 0 aliphatic heterocycles. The molecule has 0 saturated carbocycles. The Labute approximate surface area is 91.0 Å². The first-order valence-electron chi connectivity index (χ1n) is 4.43. The minimum atomic E-state index is -2.93. The maximum Gasteiger partial charge on any atom is 0.280 e. The van der Waals surface area contributed by atoms with E-state index in [1.165, 1.54) is 12.1 Å². The number of rotatable bonds is 2. The van der Waals surface area contributed by atoms with Gasteiger partial charge < -0.3 is 11.5 Å². The second-order valence-electron chi connectivity index (χ2n) is 3.31. The number of carbonyl (C=O) groups excluding carboxylic acids is 1. The molecule has 1 rings (SSSR count). The average molecular weight is 227 g/mol. The Bertz CT molecular complexity index is 417. The lowest BCUT2D eigenvalue weighted by atomic mass is 10.1. The number of hydrogen-bond donors (Lipinski definition) is 2. The SMILES string of the molecule is CC(F)(F)c1ccc(C(=O)N=C(N)N)cc1. The van der Waals surface area contributed by atoms with Gasteiger partial charge in [-0.2, -0.15) is 4.99 Å². The van der Waals surface area contributed by atoms with Crippen LogP contribution in [-0.2, 0) is 5.92 Å². The summed E-state index contributed by atoms with van der Waals surface area (Å²) in [6, 6.07) is 4.83. The van der Waals surface area contributed by atoms with Crippen LogP contribution < -0.4 is 11.5 Å². The van der Waals surface area contributed by atoms with Crippen LogP contribution in [0, 0.1) is 0 Å². The summed E-state index contributed by atoms with van der Waals surface area (Å²) < 4.78 is 25.7. The van der Waals surface area contributed by atoms with Gasteiger partial charge in [0, 0.05) is 18.1 Å². The molecule has 16 heavy (non-hydrogen) atoms. The molecule has 0 heterocycles. The molecule has 1 aromatic rings. The molecule has 0 saturated heterocycles. The van der Waals surface area contributed by atoms with E-state index in [9.17, 15) is 13.6 Å². The fourth-order valence-electron chi connectivity index (χ4n) is 1.09. The van der Waals surface area contributed by atoms with E-state index < -0.39 is 11.8 Å². The van der Waals surface area contributed by atoms with E-state index in [0.29, 0.717) is 0 Å². The van der Waals surface area contributed by atoms with Crippen LogP contribution in [0.25, 0.3) is 0 Å². The lowest BCUT2D eigenvalue weighted by Gasteiger charge is -2.10. The molecule has 0 aliphatic rings. The molecular weight excluding hydrogens is 216 g/mol. The standard InChI is InChI=1S/C10H11F2N3O/c1-10(11,12)7-4-2-6(3-5-7)8(16)15-9(13)14/h2-5H,1H3,(H4,13,14,15,16). The molecule has 0 aromatic heterocycles. The Morgan fingerprint density at radius 2 is 1.75 bits per heavy atom.